The van der Waals surface area contributed by atoms with E-state index >= 15 is 0 Å². The third kappa shape index (κ3) is 3.75. The highest BCUT2D eigenvalue weighted by Crippen LogP contribution is 2.30. The largest absolute Gasteiger partial charge is 0.494 e. The molecule has 0 unspecified atom stereocenters. The smallest absolute Gasteiger partial charge is 0.303 e. The van der Waals surface area contributed by atoms with Gasteiger partial charge in [-0.2, -0.15) is 0 Å². The average Bonchev–Trinajstić information content (AvgIpc) is 2.99. The molecule has 0 amide bonds. The number of anilines is 1. The van der Waals surface area contributed by atoms with Gasteiger partial charge < -0.3 is 15.6 Å². The van der Waals surface area contributed by atoms with Gasteiger partial charge in [-0.25, -0.2) is 12.4 Å². The van der Waals surface area contributed by atoms with Gasteiger partial charge >= 0.3 is 5.97 Å². The van der Waals surface area contributed by atoms with E-state index in [2.05, 4.69) is 0 Å². The molecule has 1 aromatic heterocycles. The van der Waals surface area contributed by atoms with Crippen LogP contribution in [-0.4, -0.2) is 30.1 Å². The number of carboxylic acid groups (broad SMARTS) is 1. The molecule has 3 aromatic rings. The van der Waals surface area contributed by atoms with E-state index in [0.29, 0.717) is 34.5 Å². The van der Waals surface area contributed by atoms with Crippen molar-refractivity contribution < 1.29 is 23.1 Å². The molecule has 8 heteroatoms. The normalized spacial score (nSPS) is 11.6. The van der Waals surface area contributed by atoms with Gasteiger partial charge in [0.2, 0.25) is 0 Å². The summed E-state index contributed by atoms with van der Waals surface area (Å²) >= 11 is 0. The number of aromatic nitrogens is 1. The van der Waals surface area contributed by atoms with Crippen molar-refractivity contribution in [1.82, 2.24) is 3.97 Å². The summed E-state index contributed by atoms with van der Waals surface area (Å²) in [5.41, 5.74) is 7.21. The first-order valence-electron chi connectivity index (χ1n) is 8.42. The minimum atomic E-state index is -3.87. The summed E-state index contributed by atoms with van der Waals surface area (Å²) in [4.78, 5) is 11.0. The van der Waals surface area contributed by atoms with Crippen LogP contribution in [0.1, 0.15) is 18.9 Å². The van der Waals surface area contributed by atoms with Crippen LogP contribution in [0.25, 0.3) is 10.9 Å². The fourth-order valence-corrected chi connectivity index (χ4v) is 4.28. The van der Waals surface area contributed by atoms with Crippen LogP contribution in [-0.2, 0) is 21.2 Å². The number of carboxylic acids is 1. The van der Waals surface area contributed by atoms with Gasteiger partial charge in [-0.1, -0.05) is 0 Å². The summed E-state index contributed by atoms with van der Waals surface area (Å²) in [7, 11) is -3.87. The van der Waals surface area contributed by atoms with Gasteiger partial charge in [-0.3, -0.25) is 4.79 Å². The lowest BCUT2D eigenvalue weighted by Crippen LogP contribution is -2.12. The Morgan fingerprint density at radius 1 is 1.19 bits per heavy atom. The zero-order valence-corrected chi connectivity index (χ0v) is 15.6. The molecule has 3 rings (SSSR count). The van der Waals surface area contributed by atoms with Gasteiger partial charge in [-0.15, -0.1) is 0 Å². The Labute approximate surface area is 157 Å². The number of ether oxygens (including phenoxy) is 1. The fourth-order valence-electron chi connectivity index (χ4n) is 2.90. The molecule has 142 valence electrons. The van der Waals surface area contributed by atoms with Gasteiger partial charge in [0.25, 0.3) is 10.0 Å². The number of nitrogen functional groups attached to an aromatic ring is 1. The molecule has 1 heterocycles. The summed E-state index contributed by atoms with van der Waals surface area (Å²) in [6.07, 6.45) is 1.62. The maximum atomic E-state index is 13.1. The highest BCUT2D eigenvalue weighted by Gasteiger charge is 2.22. The maximum Gasteiger partial charge on any atom is 0.303 e. The van der Waals surface area contributed by atoms with Crippen molar-refractivity contribution >= 4 is 32.6 Å². The molecule has 0 bridgehead atoms. The predicted molar refractivity (Wildman–Crippen MR) is 103 cm³/mol. The van der Waals surface area contributed by atoms with E-state index in [1.807, 2.05) is 6.92 Å². The number of fused-ring (bicyclic) bond motifs is 1. The van der Waals surface area contributed by atoms with Crippen molar-refractivity contribution in [3.63, 3.8) is 0 Å². The second-order valence-corrected chi connectivity index (χ2v) is 7.84. The van der Waals surface area contributed by atoms with E-state index in [0.717, 1.165) is 0 Å². The molecule has 3 N–H and O–H groups in total. The number of hydrogen-bond acceptors (Lipinski definition) is 5. The van der Waals surface area contributed by atoms with Crippen LogP contribution in [0.15, 0.2) is 53.6 Å². The molecule has 0 aliphatic carbocycles. The molecule has 0 saturated heterocycles. The summed E-state index contributed by atoms with van der Waals surface area (Å²) in [6.45, 7) is 2.29. The molecular weight excluding hydrogens is 368 g/mol. The van der Waals surface area contributed by atoms with Crippen molar-refractivity contribution in [2.45, 2.75) is 24.7 Å². The molecular formula is C19H20N2O5S. The van der Waals surface area contributed by atoms with E-state index in [1.54, 1.807) is 18.2 Å². The lowest BCUT2D eigenvalue weighted by atomic mass is 10.1. The van der Waals surface area contributed by atoms with E-state index in [1.165, 1.54) is 34.4 Å². The molecule has 0 radical (unpaired) electrons. The van der Waals surface area contributed by atoms with Crippen LogP contribution in [0, 0.1) is 0 Å². The van der Waals surface area contributed by atoms with Gasteiger partial charge in [0.15, 0.2) is 0 Å². The van der Waals surface area contributed by atoms with Crippen LogP contribution in [0.4, 0.5) is 5.69 Å². The van der Waals surface area contributed by atoms with Crippen LogP contribution < -0.4 is 10.5 Å². The van der Waals surface area contributed by atoms with E-state index in [-0.39, 0.29) is 17.7 Å². The predicted octanol–water partition coefficient (Wildman–Crippen LogP) is 2.88. The maximum absolute atomic E-state index is 13.1. The lowest BCUT2D eigenvalue weighted by molar-refractivity contribution is -0.136. The van der Waals surface area contributed by atoms with Crippen LogP contribution >= 0.6 is 0 Å². The monoisotopic (exact) mass is 388 g/mol. The second-order valence-electron chi connectivity index (χ2n) is 6.03. The molecule has 27 heavy (non-hydrogen) atoms. The standard InChI is InChI=1S/C19H20N2O5S/c1-2-26-15-6-9-17-13(3-10-19(22)23)12-21(18(17)11-15)27(24,25)16-7-4-14(20)5-8-16/h4-9,11-12H,2-3,10,20H2,1H3,(H,22,23). The van der Waals surface area contributed by atoms with Crippen molar-refractivity contribution in [2.75, 3.05) is 12.3 Å². The van der Waals surface area contributed by atoms with E-state index < -0.39 is 16.0 Å². The molecule has 0 atom stereocenters. The number of hydrogen-bond donors (Lipinski definition) is 2. The van der Waals surface area contributed by atoms with E-state index in [9.17, 15) is 13.2 Å². The molecule has 0 saturated carbocycles. The number of nitrogens with two attached hydrogens (primary N) is 1. The van der Waals surface area contributed by atoms with Gasteiger partial charge in [0.1, 0.15) is 5.75 Å². The average molecular weight is 388 g/mol. The minimum absolute atomic E-state index is 0.0890. The Balaban J connectivity index is 2.18. The Kier molecular flexibility index (Phi) is 5.09. The second kappa shape index (κ2) is 7.32. The molecule has 0 aliphatic rings. The Bertz CT molecular complexity index is 1090. The molecule has 0 spiro atoms. The zero-order chi connectivity index (χ0) is 19.6. The fraction of sp³-hybridized carbons (Fsp3) is 0.211. The first-order chi connectivity index (χ1) is 12.8. The topological polar surface area (TPSA) is 112 Å². The Hall–Kier alpha value is -3.00. The van der Waals surface area contributed by atoms with Gasteiger partial charge in [0, 0.05) is 29.8 Å². The van der Waals surface area contributed by atoms with Gasteiger partial charge in [-0.05, 0) is 55.3 Å². The number of nitrogens with zero attached hydrogens (tertiary/aromatic N) is 1. The van der Waals surface area contributed by atoms with Crippen molar-refractivity contribution in [3.8, 4) is 5.75 Å². The van der Waals surface area contributed by atoms with Crippen molar-refractivity contribution in [3.05, 3.63) is 54.2 Å². The minimum Gasteiger partial charge on any atom is -0.494 e. The Morgan fingerprint density at radius 2 is 1.89 bits per heavy atom. The molecule has 0 fully saturated rings. The number of rotatable bonds is 7. The van der Waals surface area contributed by atoms with E-state index in [4.69, 9.17) is 15.6 Å². The van der Waals surface area contributed by atoms with Crippen molar-refractivity contribution in [2.24, 2.45) is 0 Å². The quantitative estimate of drug-likeness (QED) is 0.602. The lowest BCUT2D eigenvalue weighted by Gasteiger charge is -2.09. The highest BCUT2D eigenvalue weighted by atomic mass is 32.2. The zero-order valence-electron chi connectivity index (χ0n) is 14.8. The summed E-state index contributed by atoms with van der Waals surface area (Å²) in [5, 5.41) is 9.65. The summed E-state index contributed by atoms with van der Waals surface area (Å²) in [6, 6.07) is 11.1. The first-order valence-corrected chi connectivity index (χ1v) is 9.86. The summed E-state index contributed by atoms with van der Waals surface area (Å²) < 4.78 is 33.0. The SMILES string of the molecule is CCOc1ccc2c(CCC(=O)O)cn(S(=O)(=O)c3ccc(N)cc3)c2c1. The van der Waals surface area contributed by atoms with Crippen LogP contribution in [0.2, 0.25) is 0 Å². The third-order valence-electron chi connectivity index (χ3n) is 4.18. The molecule has 0 aliphatic heterocycles. The van der Waals surface area contributed by atoms with Gasteiger partial charge in [0.05, 0.1) is 17.0 Å². The molecule has 2 aromatic carbocycles. The number of carbonyl (C=O) groups is 1. The number of benzene rings is 2. The first kappa shape index (κ1) is 18.8. The van der Waals surface area contributed by atoms with Crippen LogP contribution in [0.3, 0.4) is 0 Å². The summed E-state index contributed by atoms with van der Waals surface area (Å²) in [5.74, 6) is -0.398. The Morgan fingerprint density at radius 3 is 2.52 bits per heavy atom. The highest BCUT2D eigenvalue weighted by molar-refractivity contribution is 7.90. The molecule has 7 nitrogen and oxygen atoms in total. The van der Waals surface area contributed by atoms with Crippen LogP contribution in [0.5, 0.6) is 5.75 Å². The van der Waals surface area contributed by atoms with Crippen molar-refractivity contribution in [1.29, 1.82) is 0 Å². The number of aliphatic carboxylic acids is 1. The third-order valence-corrected chi connectivity index (χ3v) is 5.87. The number of aryl methyl sites for hydroxylation is 1.